The van der Waals surface area contributed by atoms with Crippen molar-refractivity contribution < 1.29 is 23.8 Å². The summed E-state index contributed by atoms with van der Waals surface area (Å²) >= 11 is 0. The molecule has 1 atom stereocenters. The fourth-order valence-electron chi connectivity index (χ4n) is 1.80. The van der Waals surface area contributed by atoms with E-state index in [0.29, 0.717) is 25.3 Å². The molecule has 0 bridgehead atoms. The lowest BCUT2D eigenvalue weighted by Crippen LogP contribution is -2.18. The standard InChI is InChI=1S/C15H17NO5/c1-2-8-20-15(18)16-12-5-3-11(4-6-12)10-21-13-7-9-19-14(13)17/h2-6,13H,1,7-10H2,(H,16,18). The van der Waals surface area contributed by atoms with Gasteiger partial charge in [0.1, 0.15) is 6.61 Å². The van der Waals surface area contributed by atoms with E-state index in [4.69, 9.17) is 14.2 Å². The Morgan fingerprint density at radius 3 is 2.81 bits per heavy atom. The van der Waals surface area contributed by atoms with Gasteiger partial charge in [-0.05, 0) is 17.7 Å². The molecule has 1 unspecified atom stereocenters. The van der Waals surface area contributed by atoms with Crippen LogP contribution in [-0.4, -0.2) is 31.4 Å². The number of carbonyl (C=O) groups is 2. The molecule has 6 nitrogen and oxygen atoms in total. The summed E-state index contributed by atoms with van der Waals surface area (Å²) in [5.74, 6) is -0.307. The van der Waals surface area contributed by atoms with Crippen LogP contribution < -0.4 is 5.32 Å². The van der Waals surface area contributed by atoms with E-state index in [2.05, 4.69) is 11.9 Å². The van der Waals surface area contributed by atoms with Crippen molar-refractivity contribution in [2.24, 2.45) is 0 Å². The van der Waals surface area contributed by atoms with E-state index in [0.717, 1.165) is 5.56 Å². The SMILES string of the molecule is C=CCOC(=O)Nc1ccc(COC2CCOC2=O)cc1. The Bertz CT molecular complexity index is 511. The highest BCUT2D eigenvalue weighted by molar-refractivity contribution is 5.84. The van der Waals surface area contributed by atoms with Crippen LogP contribution >= 0.6 is 0 Å². The number of hydrogen-bond donors (Lipinski definition) is 1. The Morgan fingerprint density at radius 2 is 2.19 bits per heavy atom. The molecular formula is C15H17NO5. The van der Waals surface area contributed by atoms with E-state index in [1.807, 2.05) is 12.1 Å². The molecule has 0 aromatic heterocycles. The lowest BCUT2D eigenvalue weighted by Gasteiger charge is -2.09. The molecule has 0 radical (unpaired) electrons. The van der Waals surface area contributed by atoms with Crippen molar-refractivity contribution in [3.05, 3.63) is 42.5 Å². The van der Waals surface area contributed by atoms with Gasteiger partial charge in [-0.1, -0.05) is 24.8 Å². The van der Waals surface area contributed by atoms with Gasteiger partial charge in [0, 0.05) is 12.1 Å². The summed E-state index contributed by atoms with van der Waals surface area (Å²) in [6.07, 6.45) is 1.08. The Morgan fingerprint density at radius 1 is 1.43 bits per heavy atom. The lowest BCUT2D eigenvalue weighted by atomic mass is 10.2. The maximum atomic E-state index is 11.3. The Kier molecular flexibility index (Phi) is 5.34. The van der Waals surface area contributed by atoms with Crippen LogP contribution in [0.5, 0.6) is 0 Å². The molecule has 1 fully saturated rings. The predicted octanol–water partition coefficient (Wildman–Crippen LogP) is 2.25. The average molecular weight is 291 g/mol. The third-order valence-corrected chi connectivity index (χ3v) is 2.87. The number of ether oxygens (including phenoxy) is 3. The van der Waals surface area contributed by atoms with Gasteiger partial charge in [0.05, 0.1) is 13.2 Å². The zero-order valence-electron chi connectivity index (χ0n) is 11.5. The second-order valence-electron chi connectivity index (χ2n) is 4.46. The Hall–Kier alpha value is -2.34. The number of nitrogens with one attached hydrogen (secondary N) is 1. The molecule has 1 heterocycles. The molecule has 6 heteroatoms. The van der Waals surface area contributed by atoms with Gasteiger partial charge in [0.25, 0.3) is 0 Å². The maximum Gasteiger partial charge on any atom is 0.411 e. The normalized spacial score (nSPS) is 17.1. The zero-order valence-corrected chi connectivity index (χ0v) is 11.5. The van der Waals surface area contributed by atoms with Crippen molar-refractivity contribution in [2.45, 2.75) is 19.1 Å². The van der Waals surface area contributed by atoms with E-state index in [9.17, 15) is 9.59 Å². The Labute approximate surface area is 122 Å². The molecule has 1 N–H and O–H groups in total. The number of esters is 1. The van der Waals surface area contributed by atoms with E-state index < -0.39 is 12.2 Å². The smallest absolute Gasteiger partial charge is 0.411 e. The monoisotopic (exact) mass is 291 g/mol. The molecule has 0 saturated carbocycles. The van der Waals surface area contributed by atoms with Crippen molar-refractivity contribution in [3.63, 3.8) is 0 Å². The summed E-state index contributed by atoms with van der Waals surface area (Å²) in [5, 5.41) is 2.58. The van der Waals surface area contributed by atoms with Crippen LogP contribution in [0.3, 0.4) is 0 Å². The highest BCUT2D eigenvalue weighted by Crippen LogP contribution is 2.15. The summed E-state index contributed by atoms with van der Waals surface area (Å²) in [5.41, 5.74) is 1.52. The van der Waals surface area contributed by atoms with Crippen molar-refractivity contribution in [1.82, 2.24) is 0 Å². The zero-order chi connectivity index (χ0) is 15.1. The fraction of sp³-hybridized carbons (Fsp3) is 0.333. The first-order valence-corrected chi connectivity index (χ1v) is 6.61. The molecule has 1 aliphatic rings. The minimum absolute atomic E-state index is 0.162. The highest BCUT2D eigenvalue weighted by Gasteiger charge is 2.26. The van der Waals surface area contributed by atoms with Gasteiger partial charge in [-0.3, -0.25) is 5.32 Å². The van der Waals surface area contributed by atoms with Crippen LogP contribution in [0, 0.1) is 0 Å². The van der Waals surface area contributed by atoms with E-state index in [1.54, 1.807) is 12.1 Å². The van der Waals surface area contributed by atoms with Crippen LogP contribution in [0.1, 0.15) is 12.0 Å². The predicted molar refractivity (Wildman–Crippen MR) is 75.8 cm³/mol. The van der Waals surface area contributed by atoms with Crippen LogP contribution in [0.2, 0.25) is 0 Å². The van der Waals surface area contributed by atoms with Crippen molar-refractivity contribution >= 4 is 17.7 Å². The summed E-state index contributed by atoms with van der Waals surface area (Å²) < 4.78 is 15.1. The number of rotatable bonds is 6. The van der Waals surface area contributed by atoms with Gasteiger partial charge in [0.2, 0.25) is 0 Å². The van der Waals surface area contributed by atoms with Crippen molar-refractivity contribution in [1.29, 1.82) is 0 Å². The number of amides is 1. The van der Waals surface area contributed by atoms with Crippen LogP contribution in [0.4, 0.5) is 10.5 Å². The number of benzene rings is 1. The highest BCUT2D eigenvalue weighted by atomic mass is 16.6. The minimum Gasteiger partial charge on any atom is -0.464 e. The maximum absolute atomic E-state index is 11.3. The molecule has 0 spiro atoms. The number of carbonyl (C=O) groups excluding carboxylic acids is 2. The third kappa shape index (κ3) is 4.61. The molecule has 1 saturated heterocycles. The largest absolute Gasteiger partial charge is 0.464 e. The first-order chi connectivity index (χ1) is 10.2. The van der Waals surface area contributed by atoms with Gasteiger partial charge in [0.15, 0.2) is 6.10 Å². The molecule has 1 amide bonds. The summed E-state index contributed by atoms with van der Waals surface area (Å²) in [6, 6.07) is 7.09. The number of anilines is 1. The van der Waals surface area contributed by atoms with E-state index in [-0.39, 0.29) is 12.6 Å². The molecule has 1 aliphatic heterocycles. The van der Waals surface area contributed by atoms with E-state index >= 15 is 0 Å². The Balaban J connectivity index is 1.80. The molecule has 21 heavy (non-hydrogen) atoms. The lowest BCUT2D eigenvalue weighted by molar-refractivity contribution is -0.147. The van der Waals surface area contributed by atoms with Crippen molar-refractivity contribution in [2.75, 3.05) is 18.5 Å². The van der Waals surface area contributed by atoms with Crippen LogP contribution in [0.25, 0.3) is 0 Å². The third-order valence-electron chi connectivity index (χ3n) is 2.87. The average Bonchev–Trinajstić information content (AvgIpc) is 2.90. The van der Waals surface area contributed by atoms with Gasteiger partial charge < -0.3 is 14.2 Å². The first-order valence-electron chi connectivity index (χ1n) is 6.61. The van der Waals surface area contributed by atoms with Gasteiger partial charge in [-0.15, -0.1) is 0 Å². The second kappa shape index (κ2) is 7.44. The summed E-state index contributed by atoms with van der Waals surface area (Å²) in [4.78, 5) is 22.6. The molecule has 112 valence electrons. The number of hydrogen-bond acceptors (Lipinski definition) is 5. The number of cyclic esters (lactones) is 1. The fourth-order valence-corrected chi connectivity index (χ4v) is 1.80. The summed E-state index contributed by atoms with van der Waals surface area (Å²) in [7, 11) is 0. The van der Waals surface area contributed by atoms with E-state index in [1.165, 1.54) is 6.08 Å². The molecule has 1 aromatic rings. The minimum atomic E-state index is -0.535. The summed E-state index contributed by atoms with van der Waals surface area (Å²) in [6.45, 7) is 4.36. The van der Waals surface area contributed by atoms with Gasteiger partial charge >= 0.3 is 12.1 Å². The molecule has 0 aliphatic carbocycles. The first kappa shape index (κ1) is 15.1. The van der Waals surface area contributed by atoms with Gasteiger partial charge in [-0.2, -0.15) is 0 Å². The molecular weight excluding hydrogens is 274 g/mol. The quantitative estimate of drug-likeness (QED) is 0.643. The van der Waals surface area contributed by atoms with Crippen LogP contribution in [0.15, 0.2) is 36.9 Å². The second-order valence-corrected chi connectivity index (χ2v) is 4.46. The topological polar surface area (TPSA) is 73.9 Å². The van der Waals surface area contributed by atoms with Crippen molar-refractivity contribution in [3.8, 4) is 0 Å². The molecule has 2 rings (SSSR count). The molecule has 1 aromatic carbocycles. The van der Waals surface area contributed by atoms with Gasteiger partial charge in [-0.25, -0.2) is 9.59 Å². The van der Waals surface area contributed by atoms with Crippen LogP contribution in [-0.2, 0) is 25.6 Å².